The van der Waals surface area contributed by atoms with E-state index in [1.807, 2.05) is 6.92 Å². The topological polar surface area (TPSA) is 35.2 Å². The number of rotatable bonds is 5. The van der Waals surface area contributed by atoms with Gasteiger partial charge in [-0.1, -0.05) is 13.8 Å². The predicted octanol–water partition coefficient (Wildman–Crippen LogP) is 1.40. The number of nitrogens with two attached hydrogens (primary N) is 1. The molecule has 0 unspecified atom stereocenters. The fraction of sp³-hybridized carbons (Fsp3) is 1.00. The molecule has 0 aliphatic rings. The van der Waals surface area contributed by atoms with Crippen LogP contribution in [-0.2, 0) is 4.74 Å². The van der Waals surface area contributed by atoms with Crippen molar-refractivity contribution >= 4 is 0 Å². The zero-order chi connectivity index (χ0) is 7.98. The maximum atomic E-state index is 5.48. The van der Waals surface area contributed by atoms with Crippen LogP contribution in [0.5, 0.6) is 0 Å². The molecule has 0 amide bonds. The van der Waals surface area contributed by atoms with Gasteiger partial charge in [-0.25, -0.2) is 0 Å². The Morgan fingerprint density at radius 2 is 1.90 bits per heavy atom. The van der Waals surface area contributed by atoms with E-state index < -0.39 is 0 Å². The molecule has 2 nitrogen and oxygen atoms in total. The highest BCUT2D eigenvalue weighted by Crippen LogP contribution is 1.98. The highest BCUT2D eigenvalue weighted by molar-refractivity contribution is 4.49. The standard InChI is InChI=1S/C8H19NO/c1-7(2)4-5-10-6-8(3)9/h7-8H,4-6,9H2,1-3H3/t8-/m1/s1. The van der Waals surface area contributed by atoms with Crippen LogP contribution in [0.15, 0.2) is 0 Å². The fourth-order valence-electron chi connectivity index (χ4n) is 0.588. The van der Waals surface area contributed by atoms with Gasteiger partial charge in [0.1, 0.15) is 0 Å². The van der Waals surface area contributed by atoms with Crippen molar-refractivity contribution in [3.8, 4) is 0 Å². The minimum absolute atomic E-state index is 0.173. The summed E-state index contributed by atoms with van der Waals surface area (Å²) in [6.45, 7) is 7.87. The largest absolute Gasteiger partial charge is 0.380 e. The molecule has 0 aliphatic carbocycles. The molecule has 0 fully saturated rings. The quantitative estimate of drug-likeness (QED) is 0.593. The van der Waals surface area contributed by atoms with E-state index in [0.29, 0.717) is 6.61 Å². The summed E-state index contributed by atoms with van der Waals surface area (Å²) < 4.78 is 5.28. The minimum atomic E-state index is 0.173. The van der Waals surface area contributed by atoms with Gasteiger partial charge < -0.3 is 10.5 Å². The molecular weight excluding hydrogens is 126 g/mol. The van der Waals surface area contributed by atoms with Crippen LogP contribution in [0.2, 0.25) is 0 Å². The van der Waals surface area contributed by atoms with Crippen LogP contribution in [0.1, 0.15) is 27.2 Å². The Bertz CT molecular complexity index is 61.7. The molecule has 0 radical (unpaired) electrons. The smallest absolute Gasteiger partial charge is 0.0614 e. The molecule has 0 aromatic heterocycles. The van der Waals surface area contributed by atoms with Crippen LogP contribution < -0.4 is 5.73 Å². The summed E-state index contributed by atoms with van der Waals surface area (Å²) in [5.41, 5.74) is 5.48. The molecule has 0 rings (SSSR count). The second kappa shape index (κ2) is 5.69. The molecule has 0 aromatic rings. The Labute approximate surface area is 63.7 Å². The molecule has 10 heavy (non-hydrogen) atoms. The molecule has 0 spiro atoms. The third-order valence-corrected chi connectivity index (χ3v) is 1.22. The van der Waals surface area contributed by atoms with Crippen molar-refractivity contribution in [3.05, 3.63) is 0 Å². The molecule has 0 saturated heterocycles. The number of hydrogen-bond acceptors (Lipinski definition) is 2. The Hall–Kier alpha value is -0.0800. The molecule has 0 aromatic carbocycles. The summed E-state index contributed by atoms with van der Waals surface area (Å²) in [4.78, 5) is 0. The van der Waals surface area contributed by atoms with Gasteiger partial charge in [-0.3, -0.25) is 0 Å². The van der Waals surface area contributed by atoms with Crippen molar-refractivity contribution in [1.29, 1.82) is 0 Å². The van der Waals surface area contributed by atoms with Gasteiger partial charge in [0.05, 0.1) is 6.61 Å². The number of hydrogen-bond donors (Lipinski definition) is 1. The molecule has 1 atom stereocenters. The van der Waals surface area contributed by atoms with E-state index in [4.69, 9.17) is 10.5 Å². The van der Waals surface area contributed by atoms with Gasteiger partial charge in [0.15, 0.2) is 0 Å². The van der Waals surface area contributed by atoms with Gasteiger partial charge in [0, 0.05) is 12.6 Å². The normalized spacial score (nSPS) is 14.1. The van der Waals surface area contributed by atoms with Gasteiger partial charge >= 0.3 is 0 Å². The Balaban J connectivity index is 2.91. The zero-order valence-corrected chi connectivity index (χ0v) is 7.26. The maximum absolute atomic E-state index is 5.48. The molecule has 0 aliphatic heterocycles. The Morgan fingerprint density at radius 3 is 2.30 bits per heavy atom. The van der Waals surface area contributed by atoms with Crippen molar-refractivity contribution in [2.24, 2.45) is 11.7 Å². The van der Waals surface area contributed by atoms with Gasteiger partial charge in [0.25, 0.3) is 0 Å². The second-order valence-electron chi connectivity index (χ2n) is 3.23. The summed E-state index contributed by atoms with van der Waals surface area (Å²) in [6, 6.07) is 0.173. The van der Waals surface area contributed by atoms with Gasteiger partial charge in [0.2, 0.25) is 0 Å². The zero-order valence-electron chi connectivity index (χ0n) is 7.26. The molecular formula is C8H19NO. The lowest BCUT2D eigenvalue weighted by molar-refractivity contribution is 0.114. The van der Waals surface area contributed by atoms with Crippen LogP contribution in [0.3, 0.4) is 0 Å². The van der Waals surface area contributed by atoms with Crippen molar-refractivity contribution in [1.82, 2.24) is 0 Å². The van der Waals surface area contributed by atoms with E-state index in [-0.39, 0.29) is 6.04 Å². The Morgan fingerprint density at radius 1 is 1.30 bits per heavy atom. The van der Waals surface area contributed by atoms with E-state index in [9.17, 15) is 0 Å². The number of ether oxygens (including phenoxy) is 1. The van der Waals surface area contributed by atoms with Crippen LogP contribution in [0, 0.1) is 5.92 Å². The third kappa shape index (κ3) is 7.92. The van der Waals surface area contributed by atoms with E-state index in [2.05, 4.69) is 13.8 Å². The highest BCUT2D eigenvalue weighted by Gasteiger charge is 1.95. The van der Waals surface area contributed by atoms with Crippen molar-refractivity contribution in [3.63, 3.8) is 0 Å². The van der Waals surface area contributed by atoms with Gasteiger partial charge in [-0.2, -0.15) is 0 Å². The average Bonchev–Trinajstić information content (AvgIpc) is 1.79. The molecule has 2 heteroatoms. The maximum Gasteiger partial charge on any atom is 0.0614 e. The SMILES string of the molecule is CC(C)CCOC[C@@H](C)N. The lowest BCUT2D eigenvalue weighted by atomic mass is 10.1. The van der Waals surface area contributed by atoms with E-state index in [0.717, 1.165) is 18.9 Å². The molecule has 0 bridgehead atoms. The fourth-order valence-corrected chi connectivity index (χ4v) is 0.588. The first kappa shape index (κ1) is 9.92. The minimum Gasteiger partial charge on any atom is -0.380 e. The van der Waals surface area contributed by atoms with Crippen LogP contribution in [0.4, 0.5) is 0 Å². The molecule has 2 N–H and O–H groups in total. The first-order valence-corrected chi connectivity index (χ1v) is 3.96. The third-order valence-electron chi connectivity index (χ3n) is 1.22. The van der Waals surface area contributed by atoms with Crippen LogP contribution in [-0.4, -0.2) is 19.3 Å². The summed E-state index contributed by atoms with van der Waals surface area (Å²) in [5.74, 6) is 0.730. The molecule has 62 valence electrons. The van der Waals surface area contributed by atoms with E-state index in [1.54, 1.807) is 0 Å². The average molecular weight is 145 g/mol. The van der Waals surface area contributed by atoms with Crippen molar-refractivity contribution in [2.75, 3.05) is 13.2 Å². The summed E-state index contributed by atoms with van der Waals surface area (Å²) in [6.07, 6.45) is 1.13. The summed E-state index contributed by atoms with van der Waals surface area (Å²) in [7, 11) is 0. The van der Waals surface area contributed by atoms with E-state index >= 15 is 0 Å². The molecule has 0 saturated carbocycles. The molecule has 0 heterocycles. The van der Waals surface area contributed by atoms with Crippen LogP contribution in [0.25, 0.3) is 0 Å². The van der Waals surface area contributed by atoms with E-state index in [1.165, 1.54) is 0 Å². The second-order valence-corrected chi connectivity index (χ2v) is 3.23. The Kier molecular flexibility index (Phi) is 5.64. The highest BCUT2D eigenvalue weighted by atomic mass is 16.5. The summed E-state index contributed by atoms with van der Waals surface area (Å²) in [5, 5.41) is 0. The van der Waals surface area contributed by atoms with Crippen LogP contribution >= 0.6 is 0 Å². The van der Waals surface area contributed by atoms with Gasteiger partial charge in [-0.15, -0.1) is 0 Å². The lowest BCUT2D eigenvalue weighted by Crippen LogP contribution is -2.22. The first-order valence-electron chi connectivity index (χ1n) is 3.96. The first-order chi connectivity index (χ1) is 4.63. The lowest BCUT2D eigenvalue weighted by Gasteiger charge is -2.07. The monoisotopic (exact) mass is 145 g/mol. The van der Waals surface area contributed by atoms with Crippen molar-refractivity contribution < 1.29 is 4.74 Å². The predicted molar refractivity (Wildman–Crippen MR) is 43.9 cm³/mol. The van der Waals surface area contributed by atoms with Gasteiger partial charge in [-0.05, 0) is 19.3 Å². The van der Waals surface area contributed by atoms with Crippen molar-refractivity contribution in [2.45, 2.75) is 33.2 Å². The summed E-state index contributed by atoms with van der Waals surface area (Å²) >= 11 is 0.